The minimum Gasteiger partial charge on any atom is -0.748 e. The predicted octanol–water partition coefficient (Wildman–Crippen LogP) is 0.968. The van der Waals surface area contributed by atoms with Gasteiger partial charge in [-0.1, -0.05) is 6.92 Å². The van der Waals surface area contributed by atoms with E-state index >= 15 is 0 Å². The first kappa shape index (κ1) is 8.24. The minimum atomic E-state index is -4.02. The maximum absolute atomic E-state index is 10.8. The van der Waals surface area contributed by atoms with Gasteiger partial charge in [0.05, 0.1) is 10.1 Å². The first-order valence-electron chi connectivity index (χ1n) is 4.83. The van der Waals surface area contributed by atoms with Crippen LogP contribution in [0, 0.1) is 22.7 Å². The summed E-state index contributed by atoms with van der Waals surface area (Å²) in [4.78, 5) is 0. The molecule has 4 heteroatoms. The fraction of sp³-hybridized carbons (Fsp3) is 1.00. The summed E-state index contributed by atoms with van der Waals surface area (Å²) < 4.78 is 32.3. The van der Waals surface area contributed by atoms with Crippen molar-refractivity contribution in [3.63, 3.8) is 0 Å². The van der Waals surface area contributed by atoms with Crippen LogP contribution in [0.4, 0.5) is 0 Å². The highest BCUT2D eigenvalue weighted by molar-refractivity contribution is 7.85. The van der Waals surface area contributed by atoms with Crippen LogP contribution in [0.5, 0.6) is 0 Å². The van der Waals surface area contributed by atoms with Crippen LogP contribution in [-0.4, -0.2) is 18.7 Å². The van der Waals surface area contributed by atoms with Crippen molar-refractivity contribution >= 4 is 10.1 Å². The summed E-state index contributed by atoms with van der Waals surface area (Å²) in [5.41, 5.74) is 0.132. The van der Waals surface area contributed by atoms with Gasteiger partial charge in [0.25, 0.3) is 0 Å². The Hall–Kier alpha value is -0.0900. The molecule has 74 valence electrons. The molecule has 3 saturated carbocycles. The smallest absolute Gasteiger partial charge is 0.0951 e. The van der Waals surface area contributed by atoms with Gasteiger partial charge in [0.2, 0.25) is 0 Å². The van der Waals surface area contributed by atoms with Crippen molar-refractivity contribution in [3.05, 3.63) is 0 Å². The average molecular weight is 201 g/mol. The lowest BCUT2D eigenvalue weighted by molar-refractivity contribution is 0.0544. The number of fused-ring (bicyclic) bond motifs is 1. The van der Waals surface area contributed by atoms with Gasteiger partial charge in [-0.2, -0.15) is 0 Å². The van der Waals surface area contributed by atoms with Gasteiger partial charge in [-0.15, -0.1) is 0 Å². The summed E-state index contributed by atoms with van der Waals surface area (Å²) in [6, 6.07) is 0. The van der Waals surface area contributed by atoms with Gasteiger partial charge >= 0.3 is 0 Å². The molecule has 0 aliphatic heterocycles. The van der Waals surface area contributed by atoms with Crippen molar-refractivity contribution in [1.29, 1.82) is 0 Å². The fourth-order valence-electron chi connectivity index (χ4n) is 4.28. The molecule has 3 fully saturated rings. The lowest BCUT2D eigenvalue weighted by atomic mass is 9.60. The third-order valence-electron chi connectivity index (χ3n) is 5.06. The van der Waals surface area contributed by atoms with Crippen LogP contribution in [0.3, 0.4) is 0 Å². The predicted molar refractivity (Wildman–Crippen MR) is 45.9 cm³/mol. The molecule has 0 saturated heterocycles. The van der Waals surface area contributed by atoms with Crippen molar-refractivity contribution in [2.75, 3.05) is 5.75 Å². The van der Waals surface area contributed by atoms with E-state index in [9.17, 15) is 13.0 Å². The van der Waals surface area contributed by atoms with Crippen molar-refractivity contribution in [1.82, 2.24) is 0 Å². The lowest BCUT2D eigenvalue weighted by Crippen LogP contribution is -2.44. The molecule has 0 aromatic rings. The topological polar surface area (TPSA) is 57.2 Å². The standard InChI is InChI=1S/C9H14O3S/c1-8-6-2-3-9(8,4-7(6)8)5-13(10,11)12/h6-7H,2-5H2,1H3,(H,10,11,12)/p-1. The Bertz CT molecular complexity index is 370. The Morgan fingerprint density at radius 1 is 1.46 bits per heavy atom. The highest BCUT2D eigenvalue weighted by atomic mass is 32.2. The van der Waals surface area contributed by atoms with Gasteiger partial charge in [0.15, 0.2) is 0 Å². The van der Waals surface area contributed by atoms with Crippen molar-refractivity contribution in [2.45, 2.75) is 26.2 Å². The van der Waals surface area contributed by atoms with E-state index in [0.29, 0.717) is 0 Å². The molecular formula is C9H13O3S-. The van der Waals surface area contributed by atoms with E-state index in [1.807, 2.05) is 0 Å². The third-order valence-corrected chi connectivity index (χ3v) is 5.96. The minimum absolute atomic E-state index is 0.108. The molecule has 4 atom stereocenters. The fourth-order valence-corrected chi connectivity index (χ4v) is 5.53. The van der Waals surface area contributed by atoms with E-state index in [1.165, 1.54) is 0 Å². The molecular weight excluding hydrogens is 188 g/mol. The molecule has 3 rings (SSSR count). The zero-order valence-corrected chi connectivity index (χ0v) is 8.43. The van der Waals surface area contributed by atoms with E-state index in [2.05, 4.69) is 6.92 Å². The number of hydrogen-bond acceptors (Lipinski definition) is 3. The maximum Gasteiger partial charge on any atom is 0.0951 e. The van der Waals surface area contributed by atoms with Crippen molar-refractivity contribution in [3.8, 4) is 0 Å². The molecule has 0 spiro atoms. The van der Waals surface area contributed by atoms with Crippen LogP contribution < -0.4 is 0 Å². The first-order valence-corrected chi connectivity index (χ1v) is 6.40. The van der Waals surface area contributed by atoms with Crippen molar-refractivity contribution < 1.29 is 13.0 Å². The van der Waals surface area contributed by atoms with Crippen LogP contribution >= 0.6 is 0 Å². The van der Waals surface area contributed by atoms with E-state index in [-0.39, 0.29) is 16.6 Å². The molecule has 3 aliphatic rings. The van der Waals surface area contributed by atoms with Gasteiger partial charge in [-0.05, 0) is 41.9 Å². The summed E-state index contributed by atoms with van der Waals surface area (Å²) in [5.74, 6) is 1.39. The van der Waals surface area contributed by atoms with Crippen LogP contribution in [0.25, 0.3) is 0 Å². The zero-order valence-electron chi connectivity index (χ0n) is 7.62. The molecule has 0 N–H and O–H groups in total. The molecule has 0 bridgehead atoms. The normalized spacial score (nSPS) is 57.1. The van der Waals surface area contributed by atoms with E-state index in [4.69, 9.17) is 0 Å². The molecule has 0 radical (unpaired) electrons. The first-order chi connectivity index (χ1) is 5.89. The molecule has 0 aromatic heterocycles. The Balaban J connectivity index is 1.92. The SMILES string of the molecule is CC12C3CCC1(CS(=O)(=O)[O-])CC32. The molecule has 3 nitrogen and oxygen atoms in total. The number of hydrogen-bond donors (Lipinski definition) is 0. The van der Waals surface area contributed by atoms with Gasteiger partial charge < -0.3 is 4.55 Å². The Morgan fingerprint density at radius 3 is 2.46 bits per heavy atom. The van der Waals surface area contributed by atoms with Gasteiger partial charge in [-0.3, -0.25) is 0 Å². The van der Waals surface area contributed by atoms with E-state index in [0.717, 1.165) is 31.1 Å². The monoisotopic (exact) mass is 201 g/mol. The molecule has 13 heavy (non-hydrogen) atoms. The molecule has 0 aromatic carbocycles. The summed E-state index contributed by atoms with van der Waals surface area (Å²) in [6.45, 7) is 2.17. The lowest BCUT2D eigenvalue weighted by Gasteiger charge is -2.47. The van der Waals surface area contributed by atoms with E-state index < -0.39 is 10.1 Å². The van der Waals surface area contributed by atoms with Crippen LogP contribution in [0.15, 0.2) is 0 Å². The van der Waals surface area contributed by atoms with Gasteiger partial charge in [0.1, 0.15) is 0 Å². The largest absolute Gasteiger partial charge is 0.748 e. The Kier molecular flexibility index (Phi) is 1.15. The second-order valence-electron chi connectivity index (χ2n) is 5.22. The van der Waals surface area contributed by atoms with Crippen LogP contribution in [-0.2, 0) is 10.1 Å². The summed E-state index contributed by atoms with van der Waals surface area (Å²) in [6.07, 6.45) is 3.11. The summed E-state index contributed by atoms with van der Waals surface area (Å²) in [5, 5.41) is 0. The number of rotatable bonds is 2. The summed E-state index contributed by atoms with van der Waals surface area (Å²) >= 11 is 0. The molecule has 3 aliphatic carbocycles. The second kappa shape index (κ2) is 1.82. The zero-order chi connectivity index (χ0) is 9.48. The molecule has 4 unspecified atom stereocenters. The highest BCUT2D eigenvalue weighted by Gasteiger charge is 2.82. The maximum atomic E-state index is 10.8. The quantitative estimate of drug-likeness (QED) is 0.625. The second-order valence-corrected chi connectivity index (χ2v) is 6.62. The molecule has 0 heterocycles. The van der Waals surface area contributed by atoms with Gasteiger partial charge in [0, 0.05) is 5.75 Å². The Morgan fingerprint density at radius 2 is 2.15 bits per heavy atom. The van der Waals surface area contributed by atoms with E-state index in [1.54, 1.807) is 0 Å². The Labute approximate surface area is 78.3 Å². The van der Waals surface area contributed by atoms with Crippen molar-refractivity contribution in [2.24, 2.45) is 22.7 Å². The summed E-state index contributed by atoms with van der Waals surface area (Å²) in [7, 11) is -4.02. The molecule has 0 amide bonds. The van der Waals surface area contributed by atoms with Gasteiger partial charge in [-0.25, -0.2) is 8.42 Å². The van der Waals surface area contributed by atoms with Crippen LogP contribution in [0.2, 0.25) is 0 Å². The van der Waals surface area contributed by atoms with Crippen LogP contribution in [0.1, 0.15) is 26.2 Å². The highest BCUT2D eigenvalue weighted by Crippen LogP contribution is 2.87. The average Bonchev–Trinajstić information content (AvgIpc) is 2.38. The third kappa shape index (κ3) is 0.734.